The van der Waals surface area contributed by atoms with Crippen molar-refractivity contribution >= 4 is 34.5 Å². The van der Waals surface area contributed by atoms with E-state index >= 15 is 0 Å². The number of aromatic nitrogens is 1. The number of carbonyl (C=O) groups excluding carboxylic acids is 2. The molecule has 0 radical (unpaired) electrons. The second-order valence-corrected chi connectivity index (χ2v) is 7.08. The molecule has 3 aromatic rings. The molecular weight excluding hydrogens is 350 g/mol. The lowest BCUT2D eigenvalue weighted by Crippen LogP contribution is -2.15. The molecule has 6 nitrogen and oxygen atoms in total. The van der Waals surface area contributed by atoms with Crippen molar-refractivity contribution in [2.24, 2.45) is 0 Å². The zero-order chi connectivity index (χ0) is 18.7. The Morgan fingerprint density at radius 1 is 1.08 bits per heavy atom. The third-order valence-corrected chi connectivity index (χ3v) is 4.63. The van der Waals surface area contributed by atoms with Gasteiger partial charge in [0.15, 0.2) is 5.76 Å². The van der Waals surface area contributed by atoms with Gasteiger partial charge in [0.1, 0.15) is 5.56 Å². The molecule has 0 unspecified atom stereocenters. The van der Waals surface area contributed by atoms with Gasteiger partial charge in [0.05, 0.1) is 10.6 Å². The molecule has 0 atom stereocenters. The molecule has 2 amide bonds. The van der Waals surface area contributed by atoms with Crippen LogP contribution < -0.4 is 10.6 Å². The lowest BCUT2D eigenvalue weighted by Gasteiger charge is -2.09. The van der Waals surface area contributed by atoms with Crippen LogP contribution in [0, 0.1) is 6.92 Å². The fraction of sp³-hybridized carbons (Fsp3) is 0.211. The number of nitrogens with one attached hydrogen (secondary N) is 2. The molecule has 134 valence electrons. The van der Waals surface area contributed by atoms with E-state index in [1.54, 1.807) is 37.3 Å². The van der Waals surface area contributed by atoms with Crippen molar-refractivity contribution in [1.82, 2.24) is 5.16 Å². The lowest BCUT2D eigenvalue weighted by atomic mass is 10.0. The Labute approximate surface area is 155 Å². The van der Waals surface area contributed by atoms with E-state index in [1.807, 2.05) is 25.3 Å². The molecule has 26 heavy (non-hydrogen) atoms. The summed E-state index contributed by atoms with van der Waals surface area (Å²) in [6.07, 6.45) is 0. The number of anilines is 2. The third kappa shape index (κ3) is 3.83. The number of hydrogen-bond acceptors (Lipinski definition) is 5. The second kappa shape index (κ2) is 7.53. The lowest BCUT2D eigenvalue weighted by molar-refractivity contribution is 0.101. The Hall–Kier alpha value is -2.93. The zero-order valence-corrected chi connectivity index (χ0v) is 15.5. The molecule has 0 aliphatic rings. The maximum Gasteiger partial charge on any atom is 0.265 e. The van der Waals surface area contributed by atoms with E-state index in [2.05, 4.69) is 15.8 Å². The number of thiophene rings is 1. The molecule has 0 aliphatic carbocycles. The number of aryl methyl sites for hydroxylation is 1. The Bertz CT molecular complexity index is 929. The number of carbonyl (C=O) groups is 2. The normalized spacial score (nSPS) is 10.8. The molecule has 1 aromatic carbocycles. The molecule has 2 heterocycles. The molecule has 2 aromatic heterocycles. The summed E-state index contributed by atoms with van der Waals surface area (Å²) >= 11 is 1.37. The molecule has 0 fully saturated rings. The van der Waals surface area contributed by atoms with Gasteiger partial charge in [-0.3, -0.25) is 9.59 Å². The SMILES string of the molecule is Cc1noc(C(C)C)c1C(=O)Nc1cccc(NC(=O)c2cccs2)c1. The summed E-state index contributed by atoms with van der Waals surface area (Å²) in [6.45, 7) is 5.62. The molecule has 0 saturated heterocycles. The minimum Gasteiger partial charge on any atom is -0.360 e. The fourth-order valence-electron chi connectivity index (χ4n) is 2.53. The molecule has 3 rings (SSSR count). The van der Waals surface area contributed by atoms with Crippen LogP contribution in [0.3, 0.4) is 0 Å². The van der Waals surface area contributed by atoms with Crippen LogP contribution in [0.25, 0.3) is 0 Å². The summed E-state index contributed by atoms with van der Waals surface area (Å²) < 4.78 is 5.27. The summed E-state index contributed by atoms with van der Waals surface area (Å²) in [4.78, 5) is 25.4. The Balaban J connectivity index is 1.76. The summed E-state index contributed by atoms with van der Waals surface area (Å²) in [7, 11) is 0. The van der Waals surface area contributed by atoms with Crippen LogP contribution in [0.2, 0.25) is 0 Å². The van der Waals surface area contributed by atoms with E-state index in [4.69, 9.17) is 4.52 Å². The van der Waals surface area contributed by atoms with E-state index in [-0.39, 0.29) is 17.7 Å². The van der Waals surface area contributed by atoms with Gasteiger partial charge in [-0.1, -0.05) is 31.1 Å². The number of nitrogens with zero attached hydrogens (tertiary/aromatic N) is 1. The summed E-state index contributed by atoms with van der Waals surface area (Å²) in [5, 5.41) is 11.4. The number of hydrogen-bond donors (Lipinski definition) is 2. The van der Waals surface area contributed by atoms with Crippen molar-refractivity contribution in [2.75, 3.05) is 10.6 Å². The molecule has 0 aliphatic heterocycles. The number of rotatable bonds is 5. The van der Waals surface area contributed by atoms with Gasteiger partial charge in [0.2, 0.25) is 0 Å². The summed E-state index contributed by atoms with van der Waals surface area (Å²) in [6, 6.07) is 10.6. The molecule has 0 bridgehead atoms. The highest BCUT2D eigenvalue weighted by molar-refractivity contribution is 7.12. The van der Waals surface area contributed by atoms with Crippen molar-refractivity contribution < 1.29 is 14.1 Å². The van der Waals surface area contributed by atoms with E-state index in [1.165, 1.54) is 11.3 Å². The van der Waals surface area contributed by atoms with Gasteiger partial charge in [-0.05, 0) is 36.6 Å². The predicted molar refractivity (Wildman–Crippen MR) is 102 cm³/mol. The molecular formula is C19H19N3O3S. The van der Waals surface area contributed by atoms with Gasteiger partial charge in [0, 0.05) is 17.3 Å². The van der Waals surface area contributed by atoms with Gasteiger partial charge in [-0.2, -0.15) is 0 Å². The highest BCUT2D eigenvalue weighted by Gasteiger charge is 2.22. The number of benzene rings is 1. The average Bonchev–Trinajstić information content (AvgIpc) is 3.24. The maximum absolute atomic E-state index is 12.6. The predicted octanol–water partition coefficient (Wildman–Crippen LogP) is 4.67. The fourth-order valence-corrected chi connectivity index (χ4v) is 3.15. The minimum absolute atomic E-state index is 0.0494. The maximum atomic E-state index is 12.6. The van der Waals surface area contributed by atoms with Crippen molar-refractivity contribution in [3.63, 3.8) is 0 Å². The zero-order valence-electron chi connectivity index (χ0n) is 14.7. The molecule has 0 saturated carbocycles. The highest BCUT2D eigenvalue weighted by Crippen LogP contribution is 2.24. The van der Waals surface area contributed by atoms with Crippen LogP contribution in [0.15, 0.2) is 46.3 Å². The first-order chi connectivity index (χ1) is 12.5. The van der Waals surface area contributed by atoms with E-state index in [0.29, 0.717) is 33.3 Å². The Morgan fingerprint density at radius 2 is 1.77 bits per heavy atom. The highest BCUT2D eigenvalue weighted by atomic mass is 32.1. The van der Waals surface area contributed by atoms with Gasteiger partial charge in [-0.25, -0.2) is 0 Å². The van der Waals surface area contributed by atoms with Crippen LogP contribution in [-0.2, 0) is 0 Å². The monoisotopic (exact) mass is 369 g/mol. The van der Waals surface area contributed by atoms with Gasteiger partial charge in [0.25, 0.3) is 11.8 Å². The largest absolute Gasteiger partial charge is 0.360 e. The molecule has 7 heteroatoms. The van der Waals surface area contributed by atoms with Crippen molar-refractivity contribution in [2.45, 2.75) is 26.7 Å². The van der Waals surface area contributed by atoms with Gasteiger partial charge < -0.3 is 15.2 Å². The van der Waals surface area contributed by atoms with Crippen LogP contribution in [-0.4, -0.2) is 17.0 Å². The van der Waals surface area contributed by atoms with Gasteiger partial charge >= 0.3 is 0 Å². The summed E-state index contributed by atoms with van der Waals surface area (Å²) in [5.41, 5.74) is 2.18. The minimum atomic E-state index is -0.283. The van der Waals surface area contributed by atoms with Crippen LogP contribution in [0.1, 0.15) is 51.2 Å². The van der Waals surface area contributed by atoms with E-state index < -0.39 is 0 Å². The first-order valence-electron chi connectivity index (χ1n) is 8.18. The van der Waals surface area contributed by atoms with Crippen LogP contribution in [0.4, 0.5) is 11.4 Å². The average molecular weight is 369 g/mol. The Kier molecular flexibility index (Phi) is 5.18. The molecule has 0 spiro atoms. The van der Waals surface area contributed by atoms with E-state index in [0.717, 1.165) is 0 Å². The van der Waals surface area contributed by atoms with Crippen molar-refractivity contribution in [3.8, 4) is 0 Å². The topological polar surface area (TPSA) is 84.2 Å². The first kappa shape index (κ1) is 17.9. The number of amides is 2. The van der Waals surface area contributed by atoms with Crippen molar-refractivity contribution in [1.29, 1.82) is 0 Å². The Morgan fingerprint density at radius 3 is 2.38 bits per heavy atom. The quantitative estimate of drug-likeness (QED) is 0.684. The van der Waals surface area contributed by atoms with Gasteiger partial charge in [-0.15, -0.1) is 11.3 Å². The van der Waals surface area contributed by atoms with Crippen molar-refractivity contribution in [3.05, 3.63) is 63.7 Å². The smallest absolute Gasteiger partial charge is 0.265 e. The first-order valence-corrected chi connectivity index (χ1v) is 9.06. The molecule has 2 N–H and O–H groups in total. The second-order valence-electron chi connectivity index (χ2n) is 6.13. The third-order valence-electron chi connectivity index (χ3n) is 3.76. The standard InChI is InChI=1S/C19H19N3O3S/c1-11(2)17-16(12(3)22-25-17)19(24)21-14-7-4-6-13(10-14)20-18(23)15-8-5-9-26-15/h4-11H,1-3H3,(H,20,23)(H,21,24). The van der Waals surface area contributed by atoms with E-state index in [9.17, 15) is 9.59 Å². The van der Waals surface area contributed by atoms with Crippen LogP contribution in [0.5, 0.6) is 0 Å². The summed E-state index contributed by atoms with van der Waals surface area (Å²) in [5.74, 6) is 0.144. The van der Waals surface area contributed by atoms with Crippen LogP contribution >= 0.6 is 11.3 Å².